The Morgan fingerprint density at radius 3 is 2.10 bits per heavy atom. The largest absolute Gasteiger partial charge is 0.280 e. The number of aromatic nitrogens is 1. The normalized spacial score (nSPS) is 11.6. The molecule has 0 aliphatic rings. The van der Waals surface area contributed by atoms with Gasteiger partial charge in [0.05, 0.1) is 14.7 Å². The molecule has 0 saturated heterocycles. The van der Waals surface area contributed by atoms with Gasteiger partial charge in [0.15, 0.2) is 0 Å². The molecule has 0 radical (unpaired) electrons. The number of hydrogen-bond donors (Lipinski definition) is 2. The summed E-state index contributed by atoms with van der Waals surface area (Å²) in [5.74, 6) is 0.142. The van der Waals surface area contributed by atoms with Crippen LogP contribution in [-0.2, 0) is 20.0 Å². The molecule has 2 N–H and O–H groups in total. The van der Waals surface area contributed by atoms with Crippen LogP contribution >= 0.6 is 0 Å². The monoisotopic (exact) mass is 448 g/mol. The average Bonchev–Trinajstić information content (AvgIpc) is 2.68. The van der Waals surface area contributed by atoms with Gasteiger partial charge in [-0.05, 0) is 49.4 Å². The topological polar surface area (TPSA) is 148 Å². The number of hydrogen-bond acceptors (Lipinski definition) is 7. The molecular formula is C18H16N4O6S2. The molecule has 10 nitrogen and oxygen atoms in total. The first-order chi connectivity index (χ1) is 14.1. The number of benzene rings is 2. The highest BCUT2D eigenvalue weighted by Gasteiger charge is 2.20. The van der Waals surface area contributed by atoms with Crippen molar-refractivity contribution in [1.29, 1.82) is 0 Å². The summed E-state index contributed by atoms with van der Waals surface area (Å²) in [6, 6.07) is 13.3. The van der Waals surface area contributed by atoms with Gasteiger partial charge in [-0.2, -0.15) is 0 Å². The predicted molar refractivity (Wildman–Crippen MR) is 110 cm³/mol. The maximum atomic E-state index is 12.5. The van der Waals surface area contributed by atoms with Crippen LogP contribution in [0.4, 0.5) is 17.2 Å². The Bertz CT molecular complexity index is 1290. The highest BCUT2D eigenvalue weighted by Crippen LogP contribution is 2.24. The van der Waals surface area contributed by atoms with E-state index in [-0.39, 0.29) is 27.0 Å². The fourth-order valence-electron chi connectivity index (χ4n) is 2.49. The van der Waals surface area contributed by atoms with Gasteiger partial charge in [0.25, 0.3) is 25.7 Å². The molecule has 0 amide bonds. The van der Waals surface area contributed by atoms with Gasteiger partial charge in [0, 0.05) is 23.5 Å². The van der Waals surface area contributed by atoms with Crippen molar-refractivity contribution in [3.63, 3.8) is 0 Å². The molecule has 0 bridgehead atoms. The molecule has 0 fully saturated rings. The van der Waals surface area contributed by atoms with E-state index >= 15 is 0 Å². The van der Waals surface area contributed by atoms with E-state index < -0.39 is 25.0 Å². The number of pyridine rings is 1. The second-order valence-electron chi connectivity index (χ2n) is 6.16. The van der Waals surface area contributed by atoms with Crippen LogP contribution in [0.2, 0.25) is 0 Å². The summed E-state index contributed by atoms with van der Waals surface area (Å²) >= 11 is 0. The SMILES string of the molecule is Cc1ccc(S(=O)(=O)Nc2ccc(S(=O)(=O)Nc3ccccn3)cc2)cc1[N+](=O)[O-]. The van der Waals surface area contributed by atoms with Gasteiger partial charge in [-0.1, -0.05) is 12.1 Å². The maximum absolute atomic E-state index is 12.5. The van der Waals surface area contributed by atoms with Gasteiger partial charge in [0.2, 0.25) is 0 Å². The summed E-state index contributed by atoms with van der Waals surface area (Å²) in [6.45, 7) is 1.50. The van der Waals surface area contributed by atoms with Crippen molar-refractivity contribution in [3.05, 3.63) is 82.5 Å². The van der Waals surface area contributed by atoms with Crippen LogP contribution in [0.1, 0.15) is 5.56 Å². The predicted octanol–water partition coefficient (Wildman–Crippen LogP) is 2.90. The van der Waals surface area contributed by atoms with Crippen LogP contribution in [0, 0.1) is 17.0 Å². The van der Waals surface area contributed by atoms with Crippen molar-refractivity contribution >= 4 is 37.2 Å². The Morgan fingerprint density at radius 1 is 0.867 bits per heavy atom. The van der Waals surface area contributed by atoms with Crippen molar-refractivity contribution in [3.8, 4) is 0 Å². The number of sulfonamides is 2. The first kappa shape index (κ1) is 21.2. The molecule has 3 aromatic rings. The number of aryl methyl sites for hydroxylation is 1. The third-order valence-corrected chi connectivity index (χ3v) is 6.76. The quantitative estimate of drug-likeness (QED) is 0.417. The Morgan fingerprint density at radius 2 is 1.50 bits per heavy atom. The van der Waals surface area contributed by atoms with Crippen molar-refractivity contribution in [2.75, 3.05) is 9.44 Å². The van der Waals surface area contributed by atoms with Crippen LogP contribution in [0.15, 0.2) is 76.7 Å². The molecule has 12 heteroatoms. The van der Waals surface area contributed by atoms with Crippen molar-refractivity contribution in [2.45, 2.75) is 16.7 Å². The summed E-state index contributed by atoms with van der Waals surface area (Å²) < 4.78 is 54.5. The summed E-state index contributed by atoms with van der Waals surface area (Å²) in [5, 5.41) is 11.0. The molecule has 30 heavy (non-hydrogen) atoms. The molecule has 0 aliphatic heterocycles. The van der Waals surface area contributed by atoms with E-state index in [1.807, 2.05) is 0 Å². The number of nitro groups is 1. The fraction of sp³-hybridized carbons (Fsp3) is 0.0556. The van der Waals surface area contributed by atoms with Gasteiger partial charge in [-0.25, -0.2) is 21.8 Å². The zero-order chi connectivity index (χ0) is 21.9. The second kappa shape index (κ2) is 8.08. The number of nitro benzene ring substituents is 1. The van der Waals surface area contributed by atoms with Crippen molar-refractivity contribution in [1.82, 2.24) is 4.98 Å². The van der Waals surface area contributed by atoms with Crippen LogP contribution < -0.4 is 9.44 Å². The van der Waals surface area contributed by atoms with Crippen LogP contribution in [0.25, 0.3) is 0 Å². The molecule has 0 saturated carbocycles. The van der Waals surface area contributed by atoms with E-state index in [0.29, 0.717) is 5.56 Å². The number of nitrogens with one attached hydrogen (secondary N) is 2. The third-order valence-electron chi connectivity index (χ3n) is 4.01. The smallest absolute Gasteiger partial charge is 0.273 e. The van der Waals surface area contributed by atoms with Crippen molar-refractivity contribution in [2.24, 2.45) is 0 Å². The zero-order valence-corrected chi connectivity index (χ0v) is 17.1. The molecular weight excluding hydrogens is 432 g/mol. The maximum Gasteiger partial charge on any atom is 0.273 e. The first-order valence-electron chi connectivity index (χ1n) is 8.40. The van der Waals surface area contributed by atoms with E-state index in [1.54, 1.807) is 12.1 Å². The van der Waals surface area contributed by atoms with Crippen molar-refractivity contribution < 1.29 is 21.8 Å². The summed E-state index contributed by atoms with van der Waals surface area (Å²) in [4.78, 5) is 13.9. The lowest BCUT2D eigenvalue weighted by Crippen LogP contribution is -2.15. The van der Waals surface area contributed by atoms with Gasteiger partial charge in [-0.3, -0.25) is 19.6 Å². The third kappa shape index (κ3) is 4.72. The minimum absolute atomic E-state index is 0.0926. The van der Waals surface area contributed by atoms with Gasteiger partial charge < -0.3 is 0 Å². The standard InChI is InChI=1S/C18H16N4O6S2/c1-13-5-8-16(12-17(13)22(23)24)30(27,28)20-14-6-9-15(10-7-14)29(25,26)21-18-4-2-3-11-19-18/h2-12,20H,1H3,(H,19,21). The molecule has 0 spiro atoms. The average molecular weight is 448 g/mol. The molecule has 1 aromatic heterocycles. The first-order valence-corrected chi connectivity index (χ1v) is 11.4. The molecule has 156 valence electrons. The van der Waals surface area contributed by atoms with E-state index in [9.17, 15) is 26.9 Å². The Kier molecular flexibility index (Phi) is 5.71. The molecule has 2 aromatic carbocycles. The van der Waals surface area contributed by atoms with E-state index in [4.69, 9.17) is 0 Å². The van der Waals surface area contributed by atoms with E-state index in [2.05, 4.69) is 14.4 Å². The summed E-state index contributed by atoms with van der Waals surface area (Å²) in [6.07, 6.45) is 1.44. The second-order valence-corrected chi connectivity index (χ2v) is 9.52. The van der Waals surface area contributed by atoms with Crippen LogP contribution in [-0.4, -0.2) is 26.7 Å². The molecule has 0 aliphatic carbocycles. The van der Waals surface area contributed by atoms with E-state index in [0.717, 1.165) is 6.07 Å². The fourth-order valence-corrected chi connectivity index (χ4v) is 4.58. The van der Waals surface area contributed by atoms with Crippen LogP contribution in [0.3, 0.4) is 0 Å². The minimum atomic E-state index is -4.11. The Balaban J connectivity index is 1.81. The molecule has 3 rings (SSSR count). The zero-order valence-electron chi connectivity index (χ0n) is 15.5. The summed E-state index contributed by atoms with van der Waals surface area (Å²) in [5.41, 5.74) is 0.101. The minimum Gasteiger partial charge on any atom is -0.280 e. The lowest BCUT2D eigenvalue weighted by atomic mass is 10.2. The highest BCUT2D eigenvalue weighted by molar-refractivity contribution is 7.93. The van der Waals surface area contributed by atoms with E-state index in [1.165, 1.54) is 55.6 Å². The Labute approximate surface area is 172 Å². The number of anilines is 2. The highest BCUT2D eigenvalue weighted by atomic mass is 32.2. The molecule has 0 atom stereocenters. The number of rotatable bonds is 7. The van der Waals surface area contributed by atoms with Crippen LogP contribution in [0.5, 0.6) is 0 Å². The van der Waals surface area contributed by atoms with Gasteiger partial charge >= 0.3 is 0 Å². The lowest BCUT2D eigenvalue weighted by Gasteiger charge is -2.10. The Hall–Kier alpha value is -3.51. The lowest BCUT2D eigenvalue weighted by molar-refractivity contribution is -0.385. The van der Waals surface area contributed by atoms with Gasteiger partial charge in [-0.15, -0.1) is 0 Å². The summed E-state index contributed by atoms with van der Waals surface area (Å²) in [7, 11) is -8.02. The molecule has 0 unspecified atom stereocenters. The van der Waals surface area contributed by atoms with Gasteiger partial charge in [0.1, 0.15) is 5.82 Å². The number of nitrogens with zero attached hydrogens (tertiary/aromatic N) is 2. The molecule has 1 heterocycles.